The number of hydrogen-bond acceptors (Lipinski definition) is 4. The van der Waals surface area contributed by atoms with Crippen molar-refractivity contribution in [3.8, 4) is 0 Å². The van der Waals surface area contributed by atoms with Crippen LogP contribution in [0.2, 0.25) is 0 Å². The van der Waals surface area contributed by atoms with E-state index in [4.69, 9.17) is 7.85 Å². The summed E-state index contributed by atoms with van der Waals surface area (Å²) in [6.07, 6.45) is 0. The molecule has 0 saturated carbocycles. The number of rotatable bonds is 1. The van der Waals surface area contributed by atoms with Crippen LogP contribution in [0.5, 0.6) is 0 Å². The first-order valence-corrected chi connectivity index (χ1v) is 3.75. The molecule has 0 unspecified atom stereocenters. The summed E-state index contributed by atoms with van der Waals surface area (Å²) >= 11 is 0. The molecule has 2 radical (unpaired) electrons. The molecular formula is C8H9BN2O2. The number of nitrogens with zero attached hydrogens (tertiary/aromatic N) is 2. The molecule has 1 aromatic rings. The van der Waals surface area contributed by atoms with Crippen LogP contribution in [0, 0.1) is 13.8 Å². The minimum absolute atomic E-state index is 0.0866. The topological polar surface area (TPSA) is 52.1 Å². The quantitative estimate of drug-likeness (QED) is 0.434. The van der Waals surface area contributed by atoms with E-state index in [9.17, 15) is 4.79 Å². The third-order valence-corrected chi connectivity index (χ3v) is 1.79. The second-order valence-electron chi connectivity index (χ2n) is 2.63. The molecule has 0 aliphatic rings. The van der Waals surface area contributed by atoms with Crippen LogP contribution in [-0.4, -0.2) is 30.9 Å². The summed E-state index contributed by atoms with van der Waals surface area (Å²) < 4.78 is 4.54. The zero-order valence-corrected chi connectivity index (χ0v) is 7.79. The summed E-state index contributed by atoms with van der Waals surface area (Å²) in [6.45, 7) is 3.51. The van der Waals surface area contributed by atoms with E-state index in [2.05, 4.69) is 14.7 Å². The Balaban J connectivity index is 3.28. The molecule has 1 aromatic heterocycles. The molecule has 0 atom stereocenters. The zero-order valence-electron chi connectivity index (χ0n) is 7.79. The second-order valence-corrected chi connectivity index (χ2v) is 2.63. The Hall–Kier alpha value is -1.39. The van der Waals surface area contributed by atoms with E-state index in [1.165, 1.54) is 7.11 Å². The van der Waals surface area contributed by atoms with E-state index in [0.717, 1.165) is 0 Å². The molecule has 5 heteroatoms. The molecule has 0 N–H and O–H groups in total. The van der Waals surface area contributed by atoms with E-state index in [1.807, 2.05) is 0 Å². The smallest absolute Gasteiger partial charge is 0.357 e. The number of carbonyl (C=O) groups excluding carboxylic acids is 1. The van der Waals surface area contributed by atoms with Crippen molar-refractivity contribution >= 4 is 19.5 Å². The van der Waals surface area contributed by atoms with Crippen molar-refractivity contribution < 1.29 is 9.53 Å². The lowest BCUT2D eigenvalue weighted by molar-refractivity contribution is 0.0593. The lowest BCUT2D eigenvalue weighted by Gasteiger charge is -2.06. The zero-order chi connectivity index (χ0) is 10.0. The maximum atomic E-state index is 11.2. The van der Waals surface area contributed by atoms with Gasteiger partial charge in [0.2, 0.25) is 0 Å². The number of aromatic nitrogens is 2. The summed E-state index contributed by atoms with van der Waals surface area (Å²) in [5.74, 6) is -0.491. The normalized spacial score (nSPS) is 9.77. The molecule has 0 spiro atoms. The number of ether oxygens (including phenoxy) is 1. The van der Waals surface area contributed by atoms with E-state index >= 15 is 0 Å². The van der Waals surface area contributed by atoms with Gasteiger partial charge in [0.05, 0.1) is 12.8 Å². The maximum absolute atomic E-state index is 11.2. The van der Waals surface area contributed by atoms with Gasteiger partial charge < -0.3 is 4.74 Å². The van der Waals surface area contributed by atoms with Crippen molar-refractivity contribution in [1.82, 2.24) is 9.97 Å². The van der Waals surface area contributed by atoms with Crippen molar-refractivity contribution in [3.63, 3.8) is 0 Å². The Morgan fingerprint density at radius 3 is 2.54 bits per heavy atom. The van der Waals surface area contributed by atoms with Gasteiger partial charge in [-0.05, 0) is 13.8 Å². The number of carbonyl (C=O) groups is 1. The summed E-state index contributed by atoms with van der Waals surface area (Å²) in [4.78, 5) is 18.9. The first kappa shape index (κ1) is 9.70. The summed E-state index contributed by atoms with van der Waals surface area (Å²) in [7, 11) is 6.69. The molecule has 0 aromatic carbocycles. The van der Waals surface area contributed by atoms with Crippen LogP contribution < -0.4 is 5.72 Å². The Kier molecular flexibility index (Phi) is 2.65. The molecule has 1 heterocycles. The third kappa shape index (κ3) is 1.85. The van der Waals surface area contributed by atoms with Gasteiger partial charge in [-0.15, -0.1) is 0 Å². The van der Waals surface area contributed by atoms with Gasteiger partial charge >= 0.3 is 5.97 Å². The van der Waals surface area contributed by atoms with Gasteiger partial charge in [-0.25, -0.2) is 9.78 Å². The molecule has 0 saturated heterocycles. The average Bonchev–Trinajstić information content (AvgIpc) is 2.10. The highest BCUT2D eigenvalue weighted by Crippen LogP contribution is 2.06. The van der Waals surface area contributed by atoms with Gasteiger partial charge in [0.15, 0.2) is 13.5 Å². The number of hydrogen-bond donors (Lipinski definition) is 0. The minimum Gasteiger partial charge on any atom is -0.464 e. The summed E-state index contributed by atoms with van der Waals surface area (Å²) in [5.41, 5.74) is 1.70. The molecule has 13 heavy (non-hydrogen) atoms. The van der Waals surface area contributed by atoms with Crippen LogP contribution in [0.4, 0.5) is 0 Å². The monoisotopic (exact) mass is 176 g/mol. The first-order valence-electron chi connectivity index (χ1n) is 3.75. The highest BCUT2D eigenvalue weighted by molar-refractivity contribution is 6.29. The van der Waals surface area contributed by atoms with Gasteiger partial charge in [0.1, 0.15) is 0 Å². The van der Waals surface area contributed by atoms with Crippen molar-refractivity contribution in [1.29, 1.82) is 0 Å². The first-order chi connectivity index (χ1) is 6.06. The van der Waals surface area contributed by atoms with Crippen LogP contribution in [0.1, 0.15) is 21.7 Å². The fraction of sp³-hybridized carbons (Fsp3) is 0.375. The predicted molar refractivity (Wildman–Crippen MR) is 48.2 cm³/mol. The molecule has 0 fully saturated rings. The van der Waals surface area contributed by atoms with Gasteiger partial charge in [0.25, 0.3) is 0 Å². The van der Waals surface area contributed by atoms with Gasteiger partial charge in [-0.3, -0.25) is 4.98 Å². The minimum atomic E-state index is -0.491. The third-order valence-electron chi connectivity index (χ3n) is 1.79. The molecule has 66 valence electrons. The number of esters is 1. The Bertz CT molecular complexity index is 352. The Labute approximate surface area is 77.8 Å². The maximum Gasteiger partial charge on any atom is 0.357 e. The van der Waals surface area contributed by atoms with Crippen LogP contribution in [0.3, 0.4) is 0 Å². The van der Waals surface area contributed by atoms with Gasteiger partial charge in [-0.2, -0.15) is 0 Å². The Morgan fingerprint density at radius 2 is 2.00 bits per heavy atom. The largest absolute Gasteiger partial charge is 0.464 e. The SMILES string of the molecule is [B]c1nc(C)c(C)c(C(=O)OC)n1. The molecular weight excluding hydrogens is 167 g/mol. The summed E-state index contributed by atoms with van der Waals surface area (Å²) in [5, 5.41) is 0. The number of methoxy groups -OCH3 is 1. The lowest BCUT2D eigenvalue weighted by atomic mass is 10.1. The van der Waals surface area contributed by atoms with E-state index in [0.29, 0.717) is 11.3 Å². The van der Waals surface area contributed by atoms with Crippen LogP contribution in [0.25, 0.3) is 0 Å². The van der Waals surface area contributed by atoms with Crippen LogP contribution >= 0.6 is 0 Å². The molecule has 0 bridgehead atoms. The molecule has 0 aliphatic carbocycles. The van der Waals surface area contributed by atoms with Crippen molar-refractivity contribution in [2.45, 2.75) is 13.8 Å². The van der Waals surface area contributed by atoms with Crippen molar-refractivity contribution in [3.05, 3.63) is 17.0 Å². The van der Waals surface area contributed by atoms with Gasteiger partial charge in [0, 0.05) is 11.3 Å². The summed E-state index contributed by atoms with van der Waals surface area (Å²) in [6, 6.07) is 0. The standard InChI is InChI=1S/C8H9BN2O2/c1-4-5(2)10-8(9)11-6(4)7(12)13-3/h1-3H3. The van der Waals surface area contributed by atoms with Crippen LogP contribution in [-0.2, 0) is 4.74 Å². The highest BCUT2D eigenvalue weighted by Gasteiger charge is 2.13. The second kappa shape index (κ2) is 3.55. The van der Waals surface area contributed by atoms with Gasteiger partial charge in [-0.1, -0.05) is 0 Å². The van der Waals surface area contributed by atoms with Crippen molar-refractivity contribution in [2.75, 3.05) is 7.11 Å². The predicted octanol–water partition coefficient (Wildman–Crippen LogP) is -0.326. The number of aryl methyl sites for hydroxylation is 1. The van der Waals surface area contributed by atoms with E-state index in [-0.39, 0.29) is 11.4 Å². The van der Waals surface area contributed by atoms with Crippen LogP contribution in [0.15, 0.2) is 0 Å². The van der Waals surface area contributed by atoms with E-state index in [1.54, 1.807) is 13.8 Å². The fourth-order valence-corrected chi connectivity index (χ4v) is 0.946. The highest BCUT2D eigenvalue weighted by atomic mass is 16.5. The molecule has 1 rings (SSSR count). The Morgan fingerprint density at radius 1 is 1.38 bits per heavy atom. The molecule has 0 amide bonds. The van der Waals surface area contributed by atoms with E-state index < -0.39 is 5.97 Å². The van der Waals surface area contributed by atoms with Crippen molar-refractivity contribution in [2.24, 2.45) is 0 Å². The lowest BCUT2D eigenvalue weighted by Crippen LogP contribution is -2.21. The fourth-order valence-electron chi connectivity index (χ4n) is 0.946. The molecule has 4 nitrogen and oxygen atoms in total. The molecule has 0 aliphatic heterocycles. The average molecular weight is 176 g/mol.